The SMILES string of the molecule is O=C(O)c1ccc(F)c(F)c1-c1ccc(C(F)(F)F)nc1. The molecule has 1 heterocycles. The van der Waals surface area contributed by atoms with Crippen molar-refractivity contribution in [2.24, 2.45) is 0 Å². The molecule has 0 spiro atoms. The topological polar surface area (TPSA) is 50.2 Å². The molecule has 3 nitrogen and oxygen atoms in total. The maximum Gasteiger partial charge on any atom is 0.433 e. The van der Waals surface area contributed by atoms with E-state index in [9.17, 15) is 26.7 Å². The van der Waals surface area contributed by atoms with Gasteiger partial charge in [-0.1, -0.05) is 6.07 Å². The van der Waals surface area contributed by atoms with Gasteiger partial charge in [0.2, 0.25) is 0 Å². The van der Waals surface area contributed by atoms with Gasteiger partial charge in [0, 0.05) is 17.3 Å². The predicted molar refractivity (Wildman–Crippen MR) is 61.6 cm³/mol. The summed E-state index contributed by atoms with van der Waals surface area (Å²) in [5.41, 5.74) is -2.71. The van der Waals surface area contributed by atoms with Crippen LogP contribution in [0.3, 0.4) is 0 Å². The van der Waals surface area contributed by atoms with E-state index in [1.807, 2.05) is 0 Å². The first-order valence-electron chi connectivity index (χ1n) is 5.46. The second-order valence-corrected chi connectivity index (χ2v) is 4.02. The number of aromatic carboxylic acids is 1. The summed E-state index contributed by atoms with van der Waals surface area (Å²) in [5, 5.41) is 8.94. The Kier molecular flexibility index (Phi) is 3.63. The summed E-state index contributed by atoms with van der Waals surface area (Å²) in [6, 6.07) is 2.85. The number of alkyl halides is 3. The highest BCUT2D eigenvalue weighted by Crippen LogP contribution is 2.31. The molecule has 110 valence electrons. The molecule has 8 heteroatoms. The number of carbonyl (C=O) groups is 1. The summed E-state index contributed by atoms with van der Waals surface area (Å²) in [5.74, 6) is -4.31. The van der Waals surface area contributed by atoms with Crippen LogP contribution in [-0.2, 0) is 6.18 Å². The Morgan fingerprint density at radius 2 is 1.76 bits per heavy atom. The summed E-state index contributed by atoms with van der Waals surface area (Å²) in [4.78, 5) is 14.1. The molecule has 1 aromatic heterocycles. The van der Waals surface area contributed by atoms with Crippen molar-refractivity contribution < 1.29 is 31.9 Å². The van der Waals surface area contributed by atoms with Crippen LogP contribution in [0.4, 0.5) is 22.0 Å². The fourth-order valence-electron chi connectivity index (χ4n) is 1.72. The van der Waals surface area contributed by atoms with Crippen LogP contribution in [0.25, 0.3) is 11.1 Å². The molecule has 0 aliphatic heterocycles. The van der Waals surface area contributed by atoms with Crippen LogP contribution in [0, 0.1) is 11.6 Å². The maximum absolute atomic E-state index is 13.8. The first kappa shape index (κ1) is 14.9. The van der Waals surface area contributed by atoms with E-state index in [2.05, 4.69) is 4.98 Å². The Bertz CT molecular complexity index is 695. The molecule has 0 aliphatic carbocycles. The normalized spacial score (nSPS) is 11.5. The van der Waals surface area contributed by atoms with Crippen molar-refractivity contribution in [3.8, 4) is 11.1 Å². The lowest BCUT2D eigenvalue weighted by atomic mass is 10.00. The van der Waals surface area contributed by atoms with Gasteiger partial charge in [0.15, 0.2) is 11.6 Å². The number of pyridine rings is 1. The molecular formula is C13H6F5NO2. The van der Waals surface area contributed by atoms with Gasteiger partial charge in [0.1, 0.15) is 5.69 Å². The maximum atomic E-state index is 13.8. The van der Waals surface area contributed by atoms with Crippen LogP contribution < -0.4 is 0 Å². The number of carboxylic acid groups (broad SMARTS) is 1. The minimum Gasteiger partial charge on any atom is -0.478 e. The summed E-state index contributed by atoms with van der Waals surface area (Å²) >= 11 is 0. The number of benzene rings is 1. The molecular weight excluding hydrogens is 297 g/mol. The molecule has 0 fully saturated rings. The first-order chi connectivity index (χ1) is 9.71. The molecule has 0 radical (unpaired) electrons. The molecule has 2 aromatic rings. The highest BCUT2D eigenvalue weighted by molar-refractivity contribution is 5.96. The highest BCUT2D eigenvalue weighted by atomic mass is 19.4. The zero-order valence-electron chi connectivity index (χ0n) is 10.1. The Morgan fingerprint density at radius 1 is 1.10 bits per heavy atom. The van der Waals surface area contributed by atoms with E-state index in [0.717, 1.165) is 12.1 Å². The quantitative estimate of drug-likeness (QED) is 0.860. The van der Waals surface area contributed by atoms with Crippen LogP contribution >= 0.6 is 0 Å². The van der Waals surface area contributed by atoms with Gasteiger partial charge in [-0.2, -0.15) is 13.2 Å². The Morgan fingerprint density at radius 3 is 2.24 bits per heavy atom. The van der Waals surface area contributed by atoms with Gasteiger partial charge in [-0.3, -0.25) is 4.98 Å². The van der Waals surface area contributed by atoms with Crippen molar-refractivity contribution in [1.82, 2.24) is 4.98 Å². The number of aromatic nitrogens is 1. The molecule has 0 saturated heterocycles. The van der Waals surface area contributed by atoms with Crippen LogP contribution in [0.15, 0.2) is 30.5 Å². The molecule has 0 unspecified atom stereocenters. The van der Waals surface area contributed by atoms with Gasteiger partial charge in [-0.05, 0) is 18.2 Å². The standard InChI is InChI=1S/C13H6F5NO2/c14-8-3-2-7(12(20)21)10(11(8)15)6-1-4-9(19-5-6)13(16,17)18/h1-5H,(H,20,21). The second-order valence-electron chi connectivity index (χ2n) is 4.02. The zero-order chi connectivity index (χ0) is 15.8. The molecule has 0 bridgehead atoms. The number of hydrogen-bond acceptors (Lipinski definition) is 2. The summed E-state index contributed by atoms with van der Waals surface area (Å²) in [6.45, 7) is 0. The number of halogens is 5. The first-order valence-corrected chi connectivity index (χ1v) is 5.46. The third-order valence-corrected chi connectivity index (χ3v) is 2.67. The van der Waals surface area contributed by atoms with Gasteiger partial charge < -0.3 is 5.11 Å². The number of carboxylic acids is 1. The molecule has 21 heavy (non-hydrogen) atoms. The summed E-state index contributed by atoms with van der Waals surface area (Å²) < 4.78 is 64.1. The fourth-order valence-corrected chi connectivity index (χ4v) is 1.72. The number of nitrogens with zero attached hydrogens (tertiary/aromatic N) is 1. The average molecular weight is 303 g/mol. The van der Waals surface area contributed by atoms with Crippen molar-refractivity contribution in [3.63, 3.8) is 0 Å². The van der Waals surface area contributed by atoms with Crippen molar-refractivity contribution in [3.05, 3.63) is 53.4 Å². The van der Waals surface area contributed by atoms with Crippen LogP contribution in [0.1, 0.15) is 16.1 Å². The molecule has 0 saturated carbocycles. The molecule has 0 aliphatic rings. The summed E-state index contributed by atoms with van der Waals surface area (Å²) in [7, 11) is 0. The third kappa shape index (κ3) is 2.83. The predicted octanol–water partition coefficient (Wildman–Crippen LogP) is 3.74. The Labute approximate surface area is 114 Å². The van der Waals surface area contributed by atoms with E-state index in [0.29, 0.717) is 18.3 Å². The molecule has 1 N–H and O–H groups in total. The zero-order valence-corrected chi connectivity index (χ0v) is 10.1. The second kappa shape index (κ2) is 5.12. The van der Waals surface area contributed by atoms with E-state index in [1.165, 1.54) is 0 Å². The van der Waals surface area contributed by atoms with E-state index in [4.69, 9.17) is 5.11 Å². The van der Waals surface area contributed by atoms with Crippen LogP contribution in [0.5, 0.6) is 0 Å². The summed E-state index contributed by atoms with van der Waals surface area (Å²) in [6.07, 6.45) is -4.04. The lowest BCUT2D eigenvalue weighted by Crippen LogP contribution is -2.08. The Hall–Kier alpha value is -2.51. The van der Waals surface area contributed by atoms with Crippen LogP contribution in [0.2, 0.25) is 0 Å². The molecule has 0 amide bonds. The largest absolute Gasteiger partial charge is 0.478 e. The van der Waals surface area contributed by atoms with Gasteiger partial charge in [0.05, 0.1) is 5.56 Å². The smallest absolute Gasteiger partial charge is 0.433 e. The number of hydrogen-bond donors (Lipinski definition) is 1. The lowest BCUT2D eigenvalue weighted by Gasteiger charge is -2.10. The van der Waals surface area contributed by atoms with Gasteiger partial charge >= 0.3 is 12.1 Å². The molecule has 0 atom stereocenters. The monoisotopic (exact) mass is 303 g/mol. The van der Waals surface area contributed by atoms with Crippen LogP contribution in [-0.4, -0.2) is 16.1 Å². The van der Waals surface area contributed by atoms with Crippen molar-refractivity contribution in [2.45, 2.75) is 6.18 Å². The van der Waals surface area contributed by atoms with Gasteiger partial charge in [-0.15, -0.1) is 0 Å². The lowest BCUT2D eigenvalue weighted by molar-refractivity contribution is -0.141. The molecule has 2 rings (SSSR count). The minimum absolute atomic E-state index is 0.266. The average Bonchev–Trinajstić information content (AvgIpc) is 2.40. The van der Waals surface area contributed by atoms with Crippen molar-refractivity contribution in [2.75, 3.05) is 0 Å². The van der Waals surface area contributed by atoms with Crippen molar-refractivity contribution in [1.29, 1.82) is 0 Å². The van der Waals surface area contributed by atoms with Gasteiger partial charge in [0.25, 0.3) is 0 Å². The Balaban J connectivity index is 2.61. The van der Waals surface area contributed by atoms with E-state index >= 15 is 0 Å². The van der Waals surface area contributed by atoms with E-state index in [1.54, 1.807) is 0 Å². The fraction of sp³-hybridized carbons (Fsp3) is 0.0769. The highest BCUT2D eigenvalue weighted by Gasteiger charge is 2.32. The van der Waals surface area contributed by atoms with Crippen molar-refractivity contribution >= 4 is 5.97 Å². The third-order valence-electron chi connectivity index (χ3n) is 2.67. The van der Waals surface area contributed by atoms with Gasteiger partial charge in [-0.25, -0.2) is 13.6 Å². The van der Waals surface area contributed by atoms with E-state index < -0.39 is 40.6 Å². The molecule has 1 aromatic carbocycles. The number of rotatable bonds is 2. The minimum atomic E-state index is -4.69. The van der Waals surface area contributed by atoms with E-state index in [-0.39, 0.29) is 5.56 Å².